The van der Waals surface area contributed by atoms with E-state index in [-0.39, 0.29) is 0 Å². The summed E-state index contributed by atoms with van der Waals surface area (Å²) in [6.45, 7) is 2.33. The van der Waals surface area contributed by atoms with Gasteiger partial charge in [0.2, 0.25) is 0 Å². The molecule has 0 bridgehead atoms. The van der Waals surface area contributed by atoms with E-state index in [0.717, 1.165) is 31.2 Å². The molecule has 0 amide bonds. The average molecular weight is 456 g/mol. The highest BCUT2D eigenvalue weighted by atomic mass is 16.4. The van der Waals surface area contributed by atoms with Crippen LogP contribution in [0.15, 0.2) is 60.9 Å². The van der Waals surface area contributed by atoms with Gasteiger partial charge in [0.05, 0.1) is 5.56 Å². The van der Waals surface area contributed by atoms with Crippen LogP contribution in [0.4, 0.5) is 17.1 Å². The summed E-state index contributed by atoms with van der Waals surface area (Å²) in [6.07, 6.45) is 11.0. The van der Waals surface area contributed by atoms with Gasteiger partial charge in [-0.15, -0.1) is 0 Å². The minimum atomic E-state index is -0.873. The summed E-state index contributed by atoms with van der Waals surface area (Å²) in [5.41, 5.74) is 7.80. The fourth-order valence-corrected chi connectivity index (χ4v) is 5.59. The molecule has 1 N–H and O–H groups in total. The van der Waals surface area contributed by atoms with Crippen LogP contribution >= 0.6 is 0 Å². The molecule has 1 aromatic heterocycles. The number of anilines is 3. The van der Waals surface area contributed by atoms with Crippen LogP contribution in [0, 0.1) is 0 Å². The van der Waals surface area contributed by atoms with Crippen molar-refractivity contribution in [1.29, 1.82) is 0 Å². The van der Waals surface area contributed by atoms with Crippen LogP contribution in [0.2, 0.25) is 0 Å². The van der Waals surface area contributed by atoms with E-state index < -0.39 is 5.97 Å². The van der Waals surface area contributed by atoms with Gasteiger partial charge < -0.3 is 14.9 Å². The maximum atomic E-state index is 11.5. The number of fused-ring (bicyclic) bond motifs is 1. The molecular weight excluding hydrogens is 422 g/mol. The van der Waals surface area contributed by atoms with Crippen molar-refractivity contribution >= 4 is 23.0 Å². The number of hydrogen-bond acceptors (Lipinski definition) is 4. The van der Waals surface area contributed by atoms with Crippen LogP contribution < -0.4 is 9.80 Å². The Morgan fingerprint density at radius 2 is 1.82 bits per heavy atom. The number of nitrogens with zero attached hydrogens (tertiary/aromatic N) is 3. The highest BCUT2D eigenvalue weighted by Crippen LogP contribution is 2.38. The number of carboxylic acids is 1. The molecule has 3 aromatic rings. The average Bonchev–Trinajstić information content (AvgIpc) is 3.42. The third-order valence-electron chi connectivity index (χ3n) is 7.56. The van der Waals surface area contributed by atoms with E-state index in [4.69, 9.17) is 0 Å². The SMILES string of the molecule is CN(c1ccc(N2CCCC2)cc1)c1ccc2c(c1)CCC[C@H]2CCc1cnccc1C(=O)O. The van der Waals surface area contributed by atoms with E-state index in [1.165, 1.54) is 60.5 Å². The standard InChI is InChI=1S/C29H33N3O2/c1-31(24-9-11-25(12-10-24)32-17-2-3-18-32)26-13-14-27-21(5-4-6-22(27)19-26)7-8-23-20-30-16-15-28(23)29(33)34/h9-16,19-21H,2-8,17-18H2,1H3,(H,33,34)/t21-/m0/s1. The monoisotopic (exact) mass is 455 g/mol. The summed E-state index contributed by atoms with van der Waals surface area (Å²) in [4.78, 5) is 20.4. The van der Waals surface area contributed by atoms with Crippen LogP contribution in [0.25, 0.3) is 0 Å². The fraction of sp³-hybridized carbons (Fsp3) is 0.379. The van der Waals surface area contributed by atoms with Crippen LogP contribution in [0.1, 0.15) is 65.1 Å². The molecular formula is C29H33N3O2. The Morgan fingerprint density at radius 1 is 1.06 bits per heavy atom. The van der Waals surface area contributed by atoms with E-state index in [0.29, 0.717) is 11.5 Å². The van der Waals surface area contributed by atoms with E-state index in [1.807, 2.05) is 0 Å². The second-order valence-electron chi connectivity index (χ2n) is 9.62. The normalized spacial score (nSPS) is 17.4. The Bertz CT molecular complexity index is 1150. The maximum absolute atomic E-state index is 11.5. The Labute approximate surface area is 202 Å². The lowest BCUT2D eigenvalue weighted by Crippen LogP contribution is -2.18. The van der Waals surface area contributed by atoms with Crippen molar-refractivity contribution in [3.05, 3.63) is 83.2 Å². The predicted molar refractivity (Wildman–Crippen MR) is 138 cm³/mol. The van der Waals surface area contributed by atoms with Crippen molar-refractivity contribution in [3.63, 3.8) is 0 Å². The number of benzene rings is 2. The van der Waals surface area contributed by atoms with Crippen LogP contribution in [0.5, 0.6) is 0 Å². The van der Waals surface area contributed by atoms with Crippen LogP contribution in [-0.4, -0.2) is 36.2 Å². The number of aromatic nitrogens is 1. The molecule has 1 aliphatic heterocycles. The lowest BCUT2D eigenvalue weighted by atomic mass is 9.79. The molecule has 0 radical (unpaired) electrons. The van der Waals surface area contributed by atoms with Crippen molar-refractivity contribution in [1.82, 2.24) is 4.98 Å². The second-order valence-corrected chi connectivity index (χ2v) is 9.62. The number of pyridine rings is 1. The summed E-state index contributed by atoms with van der Waals surface area (Å²) in [6, 6.07) is 17.4. The molecule has 176 valence electrons. The molecule has 0 saturated carbocycles. The Balaban J connectivity index is 1.30. The molecule has 1 aliphatic carbocycles. The lowest BCUT2D eigenvalue weighted by molar-refractivity contribution is 0.0695. The number of carboxylic acid groups (broad SMARTS) is 1. The maximum Gasteiger partial charge on any atom is 0.336 e. The van der Waals surface area contributed by atoms with Crippen LogP contribution in [0.3, 0.4) is 0 Å². The number of rotatable bonds is 7. The van der Waals surface area contributed by atoms with Crippen molar-refractivity contribution in [2.45, 2.75) is 50.9 Å². The molecule has 2 aliphatic rings. The lowest BCUT2D eigenvalue weighted by Gasteiger charge is -2.28. The first kappa shape index (κ1) is 22.5. The second kappa shape index (κ2) is 9.88. The molecule has 0 unspecified atom stereocenters. The topological polar surface area (TPSA) is 56.7 Å². The fourth-order valence-electron chi connectivity index (χ4n) is 5.59. The highest BCUT2D eigenvalue weighted by molar-refractivity contribution is 5.89. The molecule has 0 spiro atoms. The zero-order valence-electron chi connectivity index (χ0n) is 19.9. The van der Waals surface area contributed by atoms with Crippen molar-refractivity contribution < 1.29 is 9.90 Å². The van der Waals surface area contributed by atoms with Gasteiger partial charge in [0.15, 0.2) is 0 Å². The summed E-state index contributed by atoms with van der Waals surface area (Å²) in [5.74, 6) is -0.410. The quantitative estimate of drug-likeness (QED) is 0.460. The van der Waals surface area contributed by atoms with E-state index >= 15 is 0 Å². The molecule has 2 heterocycles. The molecule has 1 fully saturated rings. The van der Waals surface area contributed by atoms with Crippen molar-refractivity contribution in [2.75, 3.05) is 29.9 Å². The summed E-state index contributed by atoms with van der Waals surface area (Å²) >= 11 is 0. The van der Waals surface area contributed by atoms with Crippen molar-refractivity contribution in [3.8, 4) is 0 Å². The zero-order valence-corrected chi connectivity index (χ0v) is 19.9. The molecule has 1 saturated heterocycles. The van der Waals surface area contributed by atoms with Gasteiger partial charge in [0.25, 0.3) is 0 Å². The van der Waals surface area contributed by atoms with Gasteiger partial charge in [-0.3, -0.25) is 4.98 Å². The van der Waals surface area contributed by atoms with E-state index in [2.05, 4.69) is 64.3 Å². The number of aryl methyl sites for hydroxylation is 2. The Hall–Kier alpha value is -3.34. The largest absolute Gasteiger partial charge is 0.478 e. The predicted octanol–water partition coefficient (Wildman–Crippen LogP) is 6.20. The Morgan fingerprint density at radius 3 is 2.59 bits per heavy atom. The number of aromatic carboxylic acids is 1. The smallest absolute Gasteiger partial charge is 0.336 e. The Kier molecular flexibility index (Phi) is 6.52. The molecule has 5 heteroatoms. The number of hydrogen-bond donors (Lipinski definition) is 1. The third-order valence-corrected chi connectivity index (χ3v) is 7.56. The zero-order chi connectivity index (χ0) is 23.5. The van der Waals surface area contributed by atoms with Crippen molar-refractivity contribution in [2.24, 2.45) is 0 Å². The molecule has 34 heavy (non-hydrogen) atoms. The minimum absolute atomic E-state index is 0.374. The molecule has 5 nitrogen and oxygen atoms in total. The first-order chi connectivity index (χ1) is 16.6. The molecule has 2 aromatic carbocycles. The summed E-state index contributed by atoms with van der Waals surface area (Å²) in [5, 5.41) is 9.47. The van der Waals surface area contributed by atoms with Gasteiger partial charge in [-0.05, 0) is 110 Å². The van der Waals surface area contributed by atoms with E-state index in [1.54, 1.807) is 18.5 Å². The van der Waals surface area contributed by atoms with Gasteiger partial charge in [0.1, 0.15) is 0 Å². The molecule has 5 rings (SSSR count). The van der Waals surface area contributed by atoms with Gasteiger partial charge in [0, 0.05) is 49.6 Å². The molecule has 1 atom stereocenters. The van der Waals surface area contributed by atoms with Gasteiger partial charge in [-0.25, -0.2) is 4.79 Å². The third kappa shape index (κ3) is 4.65. The van der Waals surface area contributed by atoms with Gasteiger partial charge >= 0.3 is 5.97 Å². The number of carbonyl (C=O) groups is 1. The summed E-state index contributed by atoms with van der Waals surface area (Å²) in [7, 11) is 2.14. The van der Waals surface area contributed by atoms with Gasteiger partial charge in [-0.2, -0.15) is 0 Å². The van der Waals surface area contributed by atoms with E-state index in [9.17, 15) is 9.90 Å². The first-order valence-corrected chi connectivity index (χ1v) is 12.5. The first-order valence-electron chi connectivity index (χ1n) is 12.5. The van der Waals surface area contributed by atoms with Crippen LogP contribution in [-0.2, 0) is 12.8 Å². The highest BCUT2D eigenvalue weighted by Gasteiger charge is 2.22. The summed E-state index contributed by atoms with van der Waals surface area (Å²) < 4.78 is 0. The minimum Gasteiger partial charge on any atom is -0.478 e. The van der Waals surface area contributed by atoms with Gasteiger partial charge in [-0.1, -0.05) is 6.07 Å².